The van der Waals surface area contributed by atoms with Crippen molar-refractivity contribution in [2.75, 3.05) is 0 Å². The van der Waals surface area contributed by atoms with Crippen molar-refractivity contribution in [3.8, 4) is 0 Å². The van der Waals surface area contributed by atoms with Crippen LogP contribution >= 0.6 is 0 Å². The average Bonchev–Trinajstić information content (AvgIpc) is 2.48. The maximum Gasteiger partial charge on any atom is 0.326 e. The minimum absolute atomic E-state index is 0.130. The van der Waals surface area contributed by atoms with E-state index in [1.54, 1.807) is 42.5 Å². The van der Waals surface area contributed by atoms with E-state index in [4.69, 9.17) is 5.11 Å². The molecule has 2 rings (SSSR count). The van der Waals surface area contributed by atoms with Gasteiger partial charge >= 0.3 is 5.97 Å². The van der Waals surface area contributed by atoms with Gasteiger partial charge in [0, 0.05) is 0 Å². The molecule has 22 heavy (non-hydrogen) atoms. The smallest absolute Gasteiger partial charge is 0.326 e. The highest BCUT2D eigenvalue weighted by molar-refractivity contribution is 7.91. The number of rotatable bonds is 6. The molecule has 2 aromatic rings. The Kier molecular flexibility index (Phi) is 4.95. The fourth-order valence-corrected chi connectivity index (χ4v) is 3.89. The number of carboxylic acids is 1. The summed E-state index contributed by atoms with van der Waals surface area (Å²) in [6, 6.07) is 14.3. The molecule has 0 bridgehead atoms. The quantitative estimate of drug-likeness (QED) is 0.848. The van der Waals surface area contributed by atoms with E-state index in [1.807, 2.05) is 0 Å². The number of carbonyl (C=O) groups is 1. The molecule has 6 heteroatoms. The lowest BCUT2D eigenvalue weighted by Crippen LogP contribution is -2.23. The number of aliphatic carboxylic acids is 1. The van der Waals surface area contributed by atoms with Crippen LogP contribution < -0.4 is 0 Å². The molecule has 0 saturated heterocycles. The van der Waals surface area contributed by atoms with Crippen molar-refractivity contribution in [1.82, 2.24) is 0 Å². The summed E-state index contributed by atoms with van der Waals surface area (Å²) < 4.78 is 24.9. The number of carboxylic acid groups (broad SMARTS) is 1. The molecule has 1 unspecified atom stereocenters. The zero-order valence-electron chi connectivity index (χ0n) is 11.7. The maximum atomic E-state index is 12.5. The minimum Gasteiger partial charge on any atom is -0.480 e. The number of benzene rings is 2. The van der Waals surface area contributed by atoms with Crippen molar-refractivity contribution < 1.29 is 23.4 Å². The second-order valence-corrected chi connectivity index (χ2v) is 7.00. The number of aliphatic hydroxyl groups is 1. The highest BCUT2D eigenvalue weighted by Crippen LogP contribution is 2.26. The molecule has 0 spiro atoms. The zero-order chi connectivity index (χ0) is 16.2. The fraction of sp³-hybridized carbons (Fsp3) is 0.188. The minimum atomic E-state index is -3.91. The van der Waals surface area contributed by atoms with Gasteiger partial charge in [-0.1, -0.05) is 54.6 Å². The molecule has 0 radical (unpaired) electrons. The Bertz CT molecular complexity index is 736. The highest BCUT2D eigenvalue weighted by atomic mass is 32.2. The predicted octanol–water partition coefficient (Wildman–Crippen LogP) is 1.92. The Morgan fingerprint density at radius 1 is 0.955 bits per heavy atom. The lowest BCUT2D eigenvalue weighted by atomic mass is 10.1. The second kappa shape index (κ2) is 6.72. The third kappa shape index (κ3) is 3.72. The highest BCUT2D eigenvalue weighted by Gasteiger charge is 2.34. The third-order valence-corrected chi connectivity index (χ3v) is 5.19. The molecule has 0 aliphatic heterocycles. The van der Waals surface area contributed by atoms with Gasteiger partial charge in [-0.05, 0) is 16.7 Å². The third-order valence-electron chi connectivity index (χ3n) is 3.26. The van der Waals surface area contributed by atoms with Gasteiger partial charge in [0.25, 0.3) is 0 Å². The predicted molar refractivity (Wildman–Crippen MR) is 81.8 cm³/mol. The molecule has 2 aromatic carbocycles. The van der Waals surface area contributed by atoms with Crippen LogP contribution in [0.4, 0.5) is 0 Å². The Labute approximate surface area is 128 Å². The van der Waals surface area contributed by atoms with E-state index in [2.05, 4.69) is 0 Å². The molecule has 0 aromatic heterocycles. The monoisotopic (exact) mass is 320 g/mol. The Hall–Kier alpha value is -2.18. The van der Waals surface area contributed by atoms with Crippen LogP contribution in [0.25, 0.3) is 0 Å². The maximum absolute atomic E-state index is 12.5. The van der Waals surface area contributed by atoms with E-state index >= 15 is 0 Å². The van der Waals surface area contributed by atoms with E-state index in [1.165, 1.54) is 12.1 Å². The van der Waals surface area contributed by atoms with Gasteiger partial charge in [-0.25, -0.2) is 8.42 Å². The molecular weight excluding hydrogens is 304 g/mol. The van der Waals surface area contributed by atoms with Crippen molar-refractivity contribution in [1.29, 1.82) is 0 Å². The molecule has 0 aliphatic carbocycles. The largest absolute Gasteiger partial charge is 0.480 e. The summed E-state index contributed by atoms with van der Waals surface area (Å²) in [5, 5.41) is 16.7. The van der Waals surface area contributed by atoms with Crippen molar-refractivity contribution in [3.63, 3.8) is 0 Å². The van der Waals surface area contributed by atoms with E-state index in [9.17, 15) is 18.3 Å². The summed E-state index contributed by atoms with van der Waals surface area (Å²) in [6.07, 6.45) is 0. The first kappa shape index (κ1) is 16.2. The van der Waals surface area contributed by atoms with E-state index in [0.29, 0.717) is 11.1 Å². The topological polar surface area (TPSA) is 91.7 Å². The first-order chi connectivity index (χ1) is 10.4. The van der Waals surface area contributed by atoms with Crippen LogP contribution in [0.5, 0.6) is 0 Å². The van der Waals surface area contributed by atoms with Gasteiger partial charge in [-0.3, -0.25) is 4.79 Å². The van der Waals surface area contributed by atoms with Gasteiger partial charge in [0.15, 0.2) is 15.1 Å². The van der Waals surface area contributed by atoms with Crippen LogP contribution in [-0.2, 0) is 27.0 Å². The Balaban J connectivity index is 2.31. The second-order valence-electron chi connectivity index (χ2n) is 4.91. The van der Waals surface area contributed by atoms with Crippen molar-refractivity contribution >= 4 is 15.8 Å². The van der Waals surface area contributed by atoms with E-state index in [-0.39, 0.29) is 17.9 Å². The molecule has 0 aliphatic rings. The van der Waals surface area contributed by atoms with Gasteiger partial charge in [0.1, 0.15) is 0 Å². The molecule has 116 valence electrons. The van der Waals surface area contributed by atoms with Crippen LogP contribution in [0, 0.1) is 0 Å². The average molecular weight is 320 g/mol. The molecule has 5 nitrogen and oxygen atoms in total. The van der Waals surface area contributed by atoms with Crippen LogP contribution in [0.2, 0.25) is 0 Å². The molecule has 0 fully saturated rings. The van der Waals surface area contributed by atoms with Crippen LogP contribution in [0.15, 0.2) is 54.6 Å². The molecule has 0 heterocycles. The number of hydrogen-bond acceptors (Lipinski definition) is 4. The zero-order valence-corrected chi connectivity index (χ0v) is 12.5. The lowest BCUT2D eigenvalue weighted by Gasteiger charge is -2.14. The van der Waals surface area contributed by atoms with Gasteiger partial charge in [-0.2, -0.15) is 0 Å². The Morgan fingerprint density at radius 3 is 2.00 bits per heavy atom. The van der Waals surface area contributed by atoms with E-state index in [0.717, 1.165) is 0 Å². The number of aliphatic hydroxyl groups excluding tert-OH is 1. The normalized spacial score (nSPS) is 12.8. The van der Waals surface area contributed by atoms with Crippen LogP contribution in [0.1, 0.15) is 21.9 Å². The van der Waals surface area contributed by atoms with Gasteiger partial charge < -0.3 is 10.2 Å². The summed E-state index contributed by atoms with van der Waals surface area (Å²) in [6.45, 7) is -0.130. The molecule has 0 amide bonds. The fourth-order valence-electron chi connectivity index (χ4n) is 2.19. The number of sulfone groups is 1. The summed E-state index contributed by atoms with van der Waals surface area (Å²) in [4.78, 5) is 11.4. The SMILES string of the molecule is O=C(O)C(c1ccccc1)S(=O)(=O)Cc1ccc(CO)cc1. The van der Waals surface area contributed by atoms with Gasteiger partial charge in [0.2, 0.25) is 0 Å². The summed E-state index contributed by atoms with van der Waals surface area (Å²) in [5.74, 6) is -1.76. The first-order valence-corrected chi connectivity index (χ1v) is 8.33. The summed E-state index contributed by atoms with van der Waals surface area (Å²) in [5.41, 5.74) is 1.39. The molecule has 0 saturated carbocycles. The van der Waals surface area contributed by atoms with Crippen molar-refractivity contribution in [2.45, 2.75) is 17.6 Å². The number of hydrogen-bond donors (Lipinski definition) is 2. The van der Waals surface area contributed by atoms with Gasteiger partial charge in [-0.15, -0.1) is 0 Å². The van der Waals surface area contributed by atoms with Crippen LogP contribution in [-0.4, -0.2) is 24.6 Å². The summed E-state index contributed by atoms with van der Waals surface area (Å²) >= 11 is 0. The molecule has 2 N–H and O–H groups in total. The Morgan fingerprint density at radius 2 is 1.50 bits per heavy atom. The molecule has 1 atom stereocenters. The van der Waals surface area contributed by atoms with E-state index < -0.39 is 21.1 Å². The lowest BCUT2D eigenvalue weighted by molar-refractivity contribution is -0.136. The van der Waals surface area contributed by atoms with Gasteiger partial charge in [0.05, 0.1) is 12.4 Å². The van der Waals surface area contributed by atoms with Crippen LogP contribution in [0.3, 0.4) is 0 Å². The molecular formula is C16H16O5S. The first-order valence-electron chi connectivity index (χ1n) is 6.62. The van der Waals surface area contributed by atoms with Crippen molar-refractivity contribution in [3.05, 3.63) is 71.3 Å². The standard InChI is InChI=1S/C16H16O5S/c17-10-12-6-8-13(9-7-12)11-22(20,21)15(16(18)19)14-4-2-1-3-5-14/h1-9,15,17H,10-11H2,(H,18,19). The summed E-state index contributed by atoms with van der Waals surface area (Å²) in [7, 11) is -3.91. The van der Waals surface area contributed by atoms with Crippen molar-refractivity contribution in [2.24, 2.45) is 0 Å².